The van der Waals surface area contributed by atoms with E-state index in [2.05, 4.69) is 11.0 Å². The number of rotatable bonds is 7. The van der Waals surface area contributed by atoms with Crippen LogP contribution in [0.25, 0.3) is 0 Å². The van der Waals surface area contributed by atoms with Gasteiger partial charge in [-0.15, -0.1) is 0 Å². The number of methoxy groups -OCH3 is 1. The zero-order valence-electron chi connectivity index (χ0n) is 21.8. The molecule has 2 saturated heterocycles. The number of hydrogen-bond donors (Lipinski definition) is 1. The summed E-state index contributed by atoms with van der Waals surface area (Å²) in [5, 5.41) is 9.47. The number of carbonyl (C=O) groups excluding carboxylic acids is 1. The van der Waals surface area contributed by atoms with Crippen molar-refractivity contribution in [2.75, 3.05) is 33.3 Å². The number of aromatic carboxylic acids is 1. The summed E-state index contributed by atoms with van der Waals surface area (Å²) in [4.78, 5) is 29.0. The second kappa shape index (κ2) is 11.3. The molecule has 1 spiro atoms. The van der Waals surface area contributed by atoms with Crippen LogP contribution in [0.4, 0.5) is 0 Å². The highest BCUT2D eigenvalue weighted by molar-refractivity contribution is 6.04. The number of hydrogen-bond acceptors (Lipinski definition) is 5. The highest BCUT2D eigenvalue weighted by atomic mass is 16.5. The summed E-state index contributed by atoms with van der Waals surface area (Å²) in [6.07, 6.45) is 4.09. The summed E-state index contributed by atoms with van der Waals surface area (Å²) < 4.78 is 11.7. The van der Waals surface area contributed by atoms with Gasteiger partial charge in [0, 0.05) is 25.2 Å². The fourth-order valence-electron chi connectivity index (χ4n) is 5.69. The van der Waals surface area contributed by atoms with Crippen LogP contribution in [0, 0.1) is 5.41 Å². The molecule has 0 radical (unpaired) electrons. The van der Waals surface area contributed by atoms with Gasteiger partial charge < -0.3 is 19.5 Å². The molecule has 1 N–H and O–H groups in total. The Morgan fingerprint density at radius 2 is 1.32 bits per heavy atom. The van der Waals surface area contributed by atoms with Gasteiger partial charge in [-0.1, -0.05) is 42.5 Å². The van der Waals surface area contributed by atoms with E-state index in [0.29, 0.717) is 24.6 Å². The number of carboxylic acids is 1. The third-order valence-corrected chi connectivity index (χ3v) is 8.07. The number of amides is 1. The molecule has 0 aliphatic carbocycles. The molecule has 2 fully saturated rings. The number of nitrogens with zero attached hydrogens (tertiary/aromatic N) is 2. The average molecular weight is 515 g/mol. The standard InChI is InChI=1S/C31H34N2O5/c1-37-27-12-6-7-13-28(27)38-26-11-5-2-8-23(26)22-32-18-14-31(15-19-32)16-20-33(21-17-31)29(34)24-9-3-4-10-25(24)30(35)36/h2-13H,14-22H2,1H3,(H,35,36). The van der Waals surface area contributed by atoms with Crippen molar-refractivity contribution in [1.82, 2.24) is 9.80 Å². The first-order valence-corrected chi connectivity index (χ1v) is 13.2. The first-order valence-electron chi connectivity index (χ1n) is 13.2. The molecule has 0 aromatic heterocycles. The molecule has 38 heavy (non-hydrogen) atoms. The van der Waals surface area contributed by atoms with Gasteiger partial charge in [-0.25, -0.2) is 4.79 Å². The quantitative estimate of drug-likeness (QED) is 0.436. The monoisotopic (exact) mass is 514 g/mol. The van der Waals surface area contributed by atoms with Gasteiger partial charge in [0.25, 0.3) is 5.91 Å². The predicted molar refractivity (Wildman–Crippen MR) is 145 cm³/mol. The molecular weight excluding hydrogens is 480 g/mol. The maximum atomic E-state index is 13.1. The van der Waals surface area contributed by atoms with E-state index < -0.39 is 5.97 Å². The fourth-order valence-corrected chi connectivity index (χ4v) is 5.69. The molecule has 0 saturated carbocycles. The second-order valence-corrected chi connectivity index (χ2v) is 10.3. The molecule has 1 amide bonds. The van der Waals surface area contributed by atoms with Crippen molar-refractivity contribution < 1.29 is 24.2 Å². The zero-order valence-corrected chi connectivity index (χ0v) is 21.8. The molecule has 2 heterocycles. The summed E-state index contributed by atoms with van der Waals surface area (Å²) in [6.45, 7) is 4.15. The lowest BCUT2D eigenvalue weighted by Gasteiger charge is -2.47. The van der Waals surface area contributed by atoms with Crippen molar-refractivity contribution in [3.8, 4) is 17.2 Å². The number of likely N-dealkylation sites (tertiary alicyclic amines) is 2. The van der Waals surface area contributed by atoms with Gasteiger partial charge in [-0.05, 0) is 74.5 Å². The van der Waals surface area contributed by atoms with E-state index in [1.165, 1.54) is 6.07 Å². The molecule has 2 aliphatic heterocycles. The van der Waals surface area contributed by atoms with Gasteiger partial charge in [-0.3, -0.25) is 9.69 Å². The zero-order chi connectivity index (χ0) is 26.5. The molecule has 0 bridgehead atoms. The highest BCUT2D eigenvalue weighted by Crippen LogP contribution is 2.42. The Morgan fingerprint density at radius 1 is 0.763 bits per heavy atom. The molecule has 7 nitrogen and oxygen atoms in total. The van der Waals surface area contributed by atoms with Crippen LogP contribution < -0.4 is 9.47 Å². The van der Waals surface area contributed by atoms with E-state index >= 15 is 0 Å². The van der Waals surface area contributed by atoms with Crippen LogP contribution in [0.5, 0.6) is 17.2 Å². The first-order chi connectivity index (χ1) is 18.5. The van der Waals surface area contributed by atoms with Gasteiger partial charge in [0.1, 0.15) is 5.75 Å². The Kier molecular flexibility index (Phi) is 7.65. The molecule has 5 rings (SSSR count). The van der Waals surface area contributed by atoms with E-state index in [9.17, 15) is 14.7 Å². The molecule has 2 aliphatic rings. The van der Waals surface area contributed by atoms with Crippen LogP contribution in [0.15, 0.2) is 72.8 Å². The van der Waals surface area contributed by atoms with Crippen molar-refractivity contribution >= 4 is 11.9 Å². The number of piperidine rings is 2. The van der Waals surface area contributed by atoms with E-state index in [1.807, 2.05) is 47.4 Å². The summed E-state index contributed by atoms with van der Waals surface area (Å²) in [7, 11) is 1.65. The van der Waals surface area contributed by atoms with Crippen LogP contribution >= 0.6 is 0 Å². The van der Waals surface area contributed by atoms with Gasteiger partial charge in [0.2, 0.25) is 0 Å². The Morgan fingerprint density at radius 3 is 1.97 bits per heavy atom. The molecular formula is C31H34N2O5. The lowest BCUT2D eigenvalue weighted by molar-refractivity contribution is 0.0282. The van der Waals surface area contributed by atoms with Crippen molar-refractivity contribution in [3.05, 3.63) is 89.5 Å². The summed E-state index contributed by atoms with van der Waals surface area (Å²) in [6, 6.07) is 22.3. The minimum atomic E-state index is -1.07. The van der Waals surface area contributed by atoms with Crippen LogP contribution in [0.3, 0.4) is 0 Å². The highest BCUT2D eigenvalue weighted by Gasteiger charge is 2.39. The lowest BCUT2D eigenvalue weighted by Crippen LogP contribution is -2.48. The smallest absolute Gasteiger partial charge is 0.336 e. The Labute approximate surface area is 223 Å². The van der Waals surface area contributed by atoms with Gasteiger partial charge in [-0.2, -0.15) is 0 Å². The van der Waals surface area contributed by atoms with Crippen molar-refractivity contribution in [2.45, 2.75) is 32.2 Å². The molecule has 0 unspecified atom stereocenters. The van der Waals surface area contributed by atoms with Crippen molar-refractivity contribution in [2.24, 2.45) is 5.41 Å². The van der Waals surface area contributed by atoms with Crippen LogP contribution in [0.1, 0.15) is 52.0 Å². The van der Waals surface area contributed by atoms with E-state index in [-0.39, 0.29) is 22.4 Å². The second-order valence-electron chi connectivity index (χ2n) is 10.3. The SMILES string of the molecule is COc1ccccc1Oc1ccccc1CN1CCC2(CC1)CCN(C(=O)c1ccccc1C(=O)O)CC2. The van der Waals surface area contributed by atoms with Crippen LogP contribution in [-0.2, 0) is 6.54 Å². The third-order valence-electron chi connectivity index (χ3n) is 8.07. The number of para-hydroxylation sites is 3. The van der Waals surface area contributed by atoms with Gasteiger partial charge in [0.15, 0.2) is 11.5 Å². The predicted octanol–water partition coefficient (Wildman–Crippen LogP) is 5.70. The van der Waals surface area contributed by atoms with Crippen LogP contribution in [-0.4, -0.2) is 60.1 Å². The van der Waals surface area contributed by atoms with Crippen molar-refractivity contribution in [1.29, 1.82) is 0 Å². The molecule has 0 atom stereocenters. The van der Waals surface area contributed by atoms with E-state index in [0.717, 1.165) is 56.6 Å². The normalized spacial score (nSPS) is 17.2. The third kappa shape index (κ3) is 5.53. The van der Waals surface area contributed by atoms with Crippen LogP contribution in [0.2, 0.25) is 0 Å². The summed E-state index contributed by atoms with van der Waals surface area (Å²) in [5.41, 5.74) is 1.74. The largest absolute Gasteiger partial charge is 0.493 e. The molecule has 7 heteroatoms. The summed E-state index contributed by atoms with van der Waals surface area (Å²) in [5.74, 6) is 1.00. The number of benzene rings is 3. The minimum Gasteiger partial charge on any atom is -0.493 e. The topological polar surface area (TPSA) is 79.3 Å². The van der Waals surface area contributed by atoms with E-state index in [1.54, 1.807) is 25.3 Å². The van der Waals surface area contributed by atoms with E-state index in [4.69, 9.17) is 9.47 Å². The lowest BCUT2D eigenvalue weighted by atomic mass is 9.71. The maximum absolute atomic E-state index is 13.1. The molecule has 3 aromatic carbocycles. The van der Waals surface area contributed by atoms with Gasteiger partial charge >= 0.3 is 5.97 Å². The molecule has 3 aromatic rings. The number of carboxylic acid groups (broad SMARTS) is 1. The number of carbonyl (C=O) groups is 2. The Hall–Kier alpha value is -3.84. The average Bonchev–Trinajstić information content (AvgIpc) is 2.96. The maximum Gasteiger partial charge on any atom is 0.336 e. The minimum absolute atomic E-state index is 0.0704. The summed E-state index contributed by atoms with van der Waals surface area (Å²) >= 11 is 0. The Bertz CT molecular complexity index is 1290. The fraction of sp³-hybridized carbons (Fsp3) is 0.355. The van der Waals surface area contributed by atoms with Gasteiger partial charge in [0.05, 0.1) is 18.2 Å². The van der Waals surface area contributed by atoms with Crippen molar-refractivity contribution in [3.63, 3.8) is 0 Å². The first kappa shape index (κ1) is 25.8. The molecule has 198 valence electrons. The number of ether oxygens (including phenoxy) is 2. The Balaban J connectivity index is 1.17.